The van der Waals surface area contributed by atoms with E-state index in [-0.39, 0.29) is 0 Å². The molecule has 0 fully saturated rings. The summed E-state index contributed by atoms with van der Waals surface area (Å²) in [4.78, 5) is 0. The van der Waals surface area contributed by atoms with Gasteiger partial charge in [0, 0.05) is 0 Å². The average molecular weight is 150 g/mol. The smallest absolute Gasteiger partial charge is 0.0381 e. The van der Waals surface area contributed by atoms with Gasteiger partial charge in [0.05, 0.1) is 0 Å². The van der Waals surface area contributed by atoms with Gasteiger partial charge in [0.15, 0.2) is 0 Å². The Morgan fingerprint density at radius 2 is 1.00 bits per heavy atom. The Bertz CT molecular complexity index is 31.5. The van der Waals surface area contributed by atoms with Gasteiger partial charge in [-0.1, -0.05) is 12.8 Å². The van der Waals surface area contributed by atoms with Crippen LogP contribution in [0.1, 0.15) is 25.7 Å². The molecule has 0 nitrogen and oxygen atoms in total. The van der Waals surface area contributed by atoms with Gasteiger partial charge < -0.3 is 0 Å². The summed E-state index contributed by atoms with van der Waals surface area (Å²) in [7, 11) is 5.52. The number of unbranched alkanes of at least 4 members (excludes halogenated alkanes) is 3. The van der Waals surface area contributed by atoms with Crippen LogP contribution in [0.5, 0.6) is 0 Å². The first-order valence-electron chi connectivity index (χ1n) is 3.32. The molecule has 0 radical (unpaired) electrons. The van der Waals surface area contributed by atoms with Gasteiger partial charge in [0.25, 0.3) is 0 Å². The van der Waals surface area contributed by atoms with E-state index in [0.29, 0.717) is 0 Å². The van der Waals surface area contributed by atoms with Gasteiger partial charge in [-0.25, -0.2) is 0 Å². The minimum Gasteiger partial charge on any atom is -0.138 e. The van der Waals surface area contributed by atoms with Crippen molar-refractivity contribution in [2.45, 2.75) is 25.7 Å². The predicted molar refractivity (Wildman–Crippen MR) is 47.6 cm³/mol. The summed E-state index contributed by atoms with van der Waals surface area (Å²) in [6.45, 7) is 0. The van der Waals surface area contributed by atoms with Crippen LogP contribution >= 0.6 is 18.5 Å². The van der Waals surface area contributed by atoms with Crippen LogP contribution in [0.25, 0.3) is 0 Å². The SMILES string of the molecule is PCCCCCCP. The third kappa shape index (κ3) is 6.86. The van der Waals surface area contributed by atoms with Crippen LogP contribution in [0, 0.1) is 0 Å². The molecular formula is C6H16P2. The van der Waals surface area contributed by atoms with E-state index in [0.717, 1.165) is 0 Å². The van der Waals surface area contributed by atoms with Crippen LogP contribution in [0.15, 0.2) is 0 Å². The molecule has 0 aliphatic carbocycles. The Balaban J connectivity index is 2.53. The third-order valence-corrected chi connectivity index (χ3v) is 1.97. The standard InChI is InChI=1S/C6H16P2/c7-5-3-1-2-4-6-8/h1-8H2. The first-order chi connectivity index (χ1) is 3.91. The molecule has 0 saturated carbocycles. The van der Waals surface area contributed by atoms with Crippen molar-refractivity contribution in [3.05, 3.63) is 0 Å². The van der Waals surface area contributed by atoms with E-state index in [4.69, 9.17) is 0 Å². The maximum Gasteiger partial charge on any atom is -0.0381 e. The Morgan fingerprint density at radius 3 is 1.25 bits per heavy atom. The minimum atomic E-state index is 1.27. The van der Waals surface area contributed by atoms with Gasteiger partial charge in [0.1, 0.15) is 0 Å². The first-order valence-corrected chi connectivity index (χ1v) is 4.95. The van der Waals surface area contributed by atoms with Crippen molar-refractivity contribution in [2.24, 2.45) is 0 Å². The molecule has 0 rings (SSSR count). The Kier molecular flexibility index (Phi) is 8.70. The molecule has 0 aromatic carbocycles. The predicted octanol–water partition coefficient (Wildman–Crippen LogP) is 2.30. The maximum absolute atomic E-state index is 2.76. The van der Waals surface area contributed by atoms with Crippen molar-refractivity contribution < 1.29 is 0 Å². The number of hydrogen-bond acceptors (Lipinski definition) is 0. The summed E-state index contributed by atoms with van der Waals surface area (Å²) in [6, 6.07) is 0. The van der Waals surface area contributed by atoms with E-state index in [1.807, 2.05) is 0 Å². The summed E-state index contributed by atoms with van der Waals surface area (Å²) in [6.07, 6.45) is 8.15. The Labute approximate surface area is 57.2 Å². The quantitative estimate of drug-likeness (QED) is 0.416. The van der Waals surface area contributed by atoms with E-state index in [2.05, 4.69) is 18.5 Å². The molecule has 2 unspecified atom stereocenters. The van der Waals surface area contributed by atoms with Crippen LogP contribution in [0.4, 0.5) is 0 Å². The van der Waals surface area contributed by atoms with Crippen LogP contribution < -0.4 is 0 Å². The second kappa shape index (κ2) is 7.86. The molecule has 2 atom stereocenters. The fourth-order valence-electron chi connectivity index (χ4n) is 0.642. The molecule has 2 heteroatoms. The van der Waals surface area contributed by atoms with Gasteiger partial charge >= 0.3 is 0 Å². The van der Waals surface area contributed by atoms with Crippen molar-refractivity contribution in [2.75, 3.05) is 12.3 Å². The molecule has 0 amide bonds. The highest BCUT2D eigenvalue weighted by molar-refractivity contribution is 7.16. The lowest BCUT2D eigenvalue weighted by molar-refractivity contribution is 0.711. The van der Waals surface area contributed by atoms with E-state index in [9.17, 15) is 0 Å². The fraction of sp³-hybridized carbons (Fsp3) is 1.00. The molecular weight excluding hydrogens is 134 g/mol. The molecule has 0 spiro atoms. The van der Waals surface area contributed by atoms with Crippen LogP contribution in [0.2, 0.25) is 0 Å². The Hall–Kier alpha value is 0.860. The molecule has 0 saturated heterocycles. The molecule has 0 aliphatic rings. The maximum atomic E-state index is 2.76. The van der Waals surface area contributed by atoms with Crippen LogP contribution in [-0.4, -0.2) is 12.3 Å². The van der Waals surface area contributed by atoms with Crippen molar-refractivity contribution >= 4 is 18.5 Å². The lowest BCUT2D eigenvalue weighted by atomic mass is 10.2. The normalized spacial score (nSPS) is 9.75. The fourth-order valence-corrected chi connectivity index (χ4v) is 1.22. The molecule has 0 bridgehead atoms. The molecule has 50 valence electrons. The molecule has 0 heterocycles. The number of rotatable bonds is 5. The molecule has 0 N–H and O–H groups in total. The summed E-state index contributed by atoms with van der Waals surface area (Å²) in [5, 5.41) is 0. The van der Waals surface area contributed by atoms with Gasteiger partial charge in [-0.2, -0.15) is 0 Å². The van der Waals surface area contributed by atoms with E-state index < -0.39 is 0 Å². The summed E-state index contributed by atoms with van der Waals surface area (Å²) in [5.41, 5.74) is 0. The van der Waals surface area contributed by atoms with Crippen molar-refractivity contribution in [3.8, 4) is 0 Å². The average Bonchev–Trinajstić information content (AvgIpc) is 1.81. The highest BCUT2D eigenvalue weighted by Crippen LogP contribution is 2.02. The first kappa shape index (κ1) is 8.86. The second-order valence-electron chi connectivity index (χ2n) is 1.99. The third-order valence-electron chi connectivity index (χ3n) is 1.16. The minimum absolute atomic E-state index is 1.27. The van der Waals surface area contributed by atoms with E-state index in [1.165, 1.54) is 38.0 Å². The molecule has 0 aromatic heterocycles. The van der Waals surface area contributed by atoms with E-state index >= 15 is 0 Å². The van der Waals surface area contributed by atoms with Crippen molar-refractivity contribution in [1.82, 2.24) is 0 Å². The lowest BCUT2D eigenvalue weighted by Crippen LogP contribution is -1.78. The second-order valence-corrected chi connectivity index (χ2v) is 3.15. The molecule has 8 heavy (non-hydrogen) atoms. The number of hydrogen-bond donors (Lipinski definition) is 0. The van der Waals surface area contributed by atoms with E-state index in [1.54, 1.807) is 0 Å². The monoisotopic (exact) mass is 150 g/mol. The van der Waals surface area contributed by atoms with Gasteiger partial charge in [-0.3, -0.25) is 0 Å². The zero-order chi connectivity index (χ0) is 6.24. The largest absolute Gasteiger partial charge is 0.138 e. The summed E-state index contributed by atoms with van der Waals surface area (Å²) >= 11 is 0. The van der Waals surface area contributed by atoms with Crippen LogP contribution in [0.3, 0.4) is 0 Å². The summed E-state index contributed by atoms with van der Waals surface area (Å²) < 4.78 is 0. The molecule has 0 aliphatic heterocycles. The zero-order valence-electron chi connectivity index (χ0n) is 5.40. The highest BCUT2D eigenvalue weighted by atomic mass is 31.0. The van der Waals surface area contributed by atoms with Crippen molar-refractivity contribution in [3.63, 3.8) is 0 Å². The van der Waals surface area contributed by atoms with Gasteiger partial charge in [-0.15, -0.1) is 18.5 Å². The molecule has 0 aromatic rings. The van der Waals surface area contributed by atoms with Crippen molar-refractivity contribution in [1.29, 1.82) is 0 Å². The zero-order valence-corrected chi connectivity index (χ0v) is 7.71. The highest BCUT2D eigenvalue weighted by Gasteiger charge is 1.83. The summed E-state index contributed by atoms with van der Waals surface area (Å²) in [5.74, 6) is 0. The van der Waals surface area contributed by atoms with Gasteiger partial charge in [-0.05, 0) is 25.2 Å². The van der Waals surface area contributed by atoms with Crippen LogP contribution in [-0.2, 0) is 0 Å². The topological polar surface area (TPSA) is 0 Å². The Morgan fingerprint density at radius 1 is 0.625 bits per heavy atom. The van der Waals surface area contributed by atoms with Gasteiger partial charge in [0.2, 0.25) is 0 Å². The lowest BCUT2D eigenvalue weighted by Gasteiger charge is -1.93.